The summed E-state index contributed by atoms with van der Waals surface area (Å²) in [5, 5.41) is -1.45. The van der Waals surface area contributed by atoms with Gasteiger partial charge in [0.05, 0.1) is 20.5 Å². The molecule has 0 aliphatic carbocycles. The van der Waals surface area contributed by atoms with Crippen molar-refractivity contribution in [1.82, 2.24) is 8.61 Å². The zero-order valence-corrected chi connectivity index (χ0v) is 19.8. The summed E-state index contributed by atoms with van der Waals surface area (Å²) in [5.41, 5.74) is 1.90. The predicted octanol–water partition coefficient (Wildman–Crippen LogP) is 3.21. The van der Waals surface area contributed by atoms with Gasteiger partial charge in [-0.1, -0.05) is 35.4 Å². The molecule has 0 radical (unpaired) electrons. The van der Waals surface area contributed by atoms with Crippen LogP contribution in [0.4, 0.5) is 0 Å². The number of hydrogen-bond donors (Lipinski definition) is 0. The van der Waals surface area contributed by atoms with Crippen molar-refractivity contribution in [2.75, 3.05) is 26.2 Å². The number of alkyl halides is 2. The molecule has 0 spiro atoms. The third-order valence-electron chi connectivity index (χ3n) is 4.92. The molecule has 0 bridgehead atoms. The van der Waals surface area contributed by atoms with Crippen LogP contribution in [-0.4, -0.2) is 62.4 Å². The van der Waals surface area contributed by atoms with Gasteiger partial charge in [-0.15, -0.1) is 23.2 Å². The minimum absolute atomic E-state index is 0.0408. The topological polar surface area (TPSA) is 74.8 Å². The Morgan fingerprint density at radius 2 is 0.900 bits per heavy atom. The zero-order valence-electron chi connectivity index (χ0n) is 16.7. The van der Waals surface area contributed by atoms with Gasteiger partial charge in [0.1, 0.15) is 0 Å². The lowest BCUT2D eigenvalue weighted by Crippen LogP contribution is -2.50. The highest BCUT2D eigenvalue weighted by Crippen LogP contribution is 2.25. The molecule has 0 amide bonds. The van der Waals surface area contributed by atoms with Gasteiger partial charge in [0, 0.05) is 26.2 Å². The first-order valence-corrected chi connectivity index (χ1v) is 13.2. The van der Waals surface area contributed by atoms with Gasteiger partial charge in [0.2, 0.25) is 20.0 Å². The Labute approximate surface area is 188 Å². The van der Waals surface area contributed by atoms with E-state index in [1.165, 1.54) is 8.61 Å². The summed E-state index contributed by atoms with van der Waals surface area (Å²) >= 11 is 12.8. The lowest BCUT2D eigenvalue weighted by molar-refractivity contribution is 0.316. The van der Waals surface area contributed by atoms with Crippen LogP contribution in [0.1, 0.15) is 11.1 Å². The van der Waals surface area contributed by atoms with Crippen LogP contribution in [0.3, 0.4) is 0 Å². The van der Waals surface area contributed by atoms with Gasteiger partial charge >= 0.3 is 0 Å². The molecule has 30 heavy (non-hydrogen) atoms. The van der Waals surface area contributed by atoms with Crippen molar-refractivity contribution in [3.63, 3.8) is 0 Å². The Bertz CT molecular complexity index is 987. The van der Waals surface area contributed by atoms with Crippen LogP contribution < -0.4 is 0 Å². The zero-order chi connectivity index (χ0) is 22.1. The van der Waals surface area contributed by atoms with Crippen molar-refractivity contribution >= 4 is 43.2 Å². The molecule has 0 saturated carbocycles. The van der Waals surface area contributed by atoms with Crippen LogP contribution in [0.2, 0.25) is 0 Å². The van der Waals surface area contributed by atoms with Gasteiger partial charge in [-0.3, -0.25) is 0 Å². The predicted molar refractivity (Wildman–Crippen MR) is 119 cm³/mol. The van der Waals surface area contributed by atoms with Crippen LogP contribution in [-0.2, 0) is 20.0 Å². The van der Waals surface area contributed by atoms with Gasteiger partial charge in [-0.05, 0) is 38.1 Å². The van der Waals surface area contributed by atoms with Gasteiger partial charge in [-0.2, -0.15) is 8.61 Å². The molecular weight excluding hydrogens is 467 g/mol. The second-order valence-corrected chi connectivity index (χ2v) is 12.6. The molecule has 1 fully saturated rings. The Morgan fingerprint density at radius 3 is 1.17 bits per heavy atom. The molecule has 10 heteroatoms. The van der Waals surface area contributed by atoms with Crippen molar-refractivity contribution in [1.29, 1.82) is 0 Å². The fourth-order valence-electron chi connectivity index (χ4n) is 3.26. The number of benzene rings is 2. The first kappa shape index (κ1) is 23.5. The average Bonchev–Trinajstić information content (AvgIpc) is 2.66. The number of sulfonamides is 2. The number of nitrogens with zero attached hydrogens (tertiary/aromatic N) is 2. The van der Waals surface area contributed by atoms with Crippen molar-refractivity contribution < 1.29 is 16.8 Å². The number of hydrogen-bond acceptors (Lipinski definition) is 4. The molecule has 164 valence electrons. The lowest BCUT2D eigenvalue weighted by Gasteiger charge is -2.34. The van der Waals surface area contributed by atoms with E-state index in [2.05, 4.69) is 0 Å². The summed E-state index contributed by atoms with van der Waals surface area (Å²) in [4.78, 5) is 0.316. The molecule has 0 unspecified atom stereocenters. The standard InChI is InChI=1S/C20H24Cl2N2O4S2/c1-15-3-7-19(8-4-15)29(25,26)23-11-17(21)13-24(14-18(22)12-23)30(27,28)20-9-5-16(2)6-10-20/h3-10,17-18H,11-14H2,1-2H3. The Balaban J connectivity index is 1.84. The fourth-order valence-corrected chi connectivity index (χ4v) is 7.31. The van der Waals surface area contributed by atoms with Crippen LogP contribution in [0, 0.1) is 13.8 Å². The van der Waals surface area contributed by atoms with Crippen LogP contribution in [0.5, 0.6) is 0 Å². The molecular formula is C20H24Cl2N2O4S2. The van der Waals surface area contributed by atoms with E-state index < -0.39 is 30.8 Å². The first-order chi connectivity index (χ1) is 14.0. The second-order valence-electron chi connectivity index (χ2n) is 7.46. The van der Waals surface area contributed by atoms with E-state index in [9.17, 15) is 16.8 Å². The van der Waals surface area contributed by atoms with Crippen LogP contribution in [0.15, 0.2) is 58.3 Å². The number of halogens is 2. The molecule has 1 aliphatic heterocycles. The van der Waals surface area contributed by atoms with Crippen molar-refractivity contribution in [2.45, 2.75) is 34.4 Å². The number of rotatable bonds is 4. The van der Waals surface area contributed by atoms with E-state index in [0.29, 0.717) is 0 Å². The normalized spacial score (nSPS) is 22.4. The maximum absolute atomic E-state index is 13.1. The molecule has 1 heterocycles. The fraction of sp³-hybridized carbons (Fsp3) is 0.400. The molecule has 0 N–H and O–H groups in total. The second kappa shape index (κ2) is 9.14. The molecule has 2 aromatic carbocycles. The highest BCUT2D eigenvalue weighted by Gasteiger charge is 2.36. The van der Waals surface area contributed by atoms with Gasteiger partial charge in [-0.25, -0.2) is 16.8 Å². The monoisotopic (exact) mass is 490 g/mol. The Kier molecular flexibility index (Phi) is 7.16. The molecule has 1 saturated heterocycles. The molecule has 2 aromatic rings. The van der Waals surface area contributed by atoms with Crippen LogP contribution >= 0.6 is 23.2 Å². The largest absolute Gasteiger partial charge is 0.243 e. The van der Waals surface area contributed by atoms with Gasteiger partial charge in [0.25, 0.3) is 0 Å². The summed E-state index contributed by atoms with van der Waals surface area (Å²) in [6.45, 7) is 3.59. The summed E-state index contributed by atoms with van der Waals surface area (Å²) in [7, 11) is -7.60. The van der Waals surface area contributed by atoms with Gasteiger partial charge in [0.15, 0.2) is 0 Å². The Morgan fingerprint density at radius 1 is 0.633 bits per heavy atom. The smallest absolute Gasteiger partial charge is 0.207 e. The molecule has 1 aliphatic rings. The van der Waals surface area contributed by atoms with Crippen molar-refractivity contribution in [3.8, 4) is 0 Å². The van der Waals surface area contributed by atoms with Crippen LogP contribution in [0.25, 0.3) is 0 Å². The maximum Gasteiger partial charge on any atom is 0.243 e. The maximum atomic E-state index is 13.1. The summed E-state index contributed by atoms with van der Waals surface area (Å²) < 4.78 is 54.7. The third kappa shape index (κ3) is 5.18. The van der Waals surface area contributed by atoms with E-state index in [1.807, 2.05) is 13.8 Å². The average molecular weight is 491 g/mol. The summed E-state index contributed by atoms with van der Waals surface area (Å²) in [6, 6.07) is 13.1. The third-order valence-corrected chi connectivity index (χ3v) is 9.17. The van der Waals surface area contributed by atoms with E-state index in [0.717, 1.165) is 11.1 Å². The SMILES string of the molecule is Cc1ccc(S(=O)(=O)N2CC(Cl)CN(S(=O)(=O)c3ccc(C)cc3)CC(Cl)C2)cc1. The molecule has 6 nitrogen and oxygen atoms in total. The summed E-state index contributed by atoms with van der Waals surface area (Å²) in [6.07, 6.45) is 0. The highest BCUT2D eigenvalue weighted by atomic mass is 35.5. The van der Waals surface area contributed by atoms with E-state index in [4.69, 9.17) is 23.2 Å². The quantitative estimate of drug-likeness (QED) is 0.616. The van der Waals surface area contributed by atoms with Gasteiger partial charge < -0.3 is 0 Å². The molecule has 0 atom stereocenters. The van der Waals surface area contributed by atoms with E-state index in [1.54, 1.807) is 48.5 Å². The first-order valence-electron chi connectivity index (χ1n) is 9.42. The highest BCUT2D eigenvalue weighted by molar-refractivity contribution is 7.89. The summed E-state index contributed by atoms with van der Waals surface area (Å²) in [5.74, 6) is 0. The number of aryl methyl sites for hydroxylation is 2. The lowest BCUT2D eigenvalue weighted by atomic mass is 10.2. The molecule has 0 aromatic heterocycles. The van der Waals surface area contributed by atoms with Crippen molar-refractivity contribution in [2.24, 2.45) is 0 Å². The minimum Gasteiger partial charge on any atom is -0.207 e. The minimum atomic E-state index is -3.80. The van der Waals surface area contributed by atoms with E-state index >= 15 is 0 Å². The van der Waals surface area contributed by atoms with Crippen molar-refractivity contribution in [3.05, 3.63) is 59.7 Å². The Hall–Kier alpha value is -1.16. The van der Waals surface area contributed by atoms with E-state index in [-0.39, 0.29) is 36.0 Å². The molecule has 3 rings (SSSR count).